The summed E-state index contributed by atoms with van der Waals surface area (Å²) in [6.45, 7) is 3.82. The van der Waals surface area contributed by atoms with E-state index in [-0.39, 0.29) is 5.91 Å². The molecule has 0 aliphatic rings. The lowest BCUT2D eigenvalue weighted by molar-refractivity contribution is 0.102. The Balaban J connectivity index is 2.30. The van der Waals surface area contributed by atoms with Crippen molar-refractivity contribution < 1.29 is 4.79 Å². The van der Waals surface area contributed by atoms with Crippen LogP contribution < -0.4 is 5.32 Å². The number of aryl methyl sites for hydroxylation is 2. The summed E-state index contributed by atoms with van der Waals surface area (Å²) in [5, 5.41) is 3.79. The maximum absolute atomic E-state index is 12.3. The van der Waals surface area contributed by atoms with Crippen LogP contribution in [0, 0.1) is 13.8 Å². The van der Waals surface area contributed by atoms with Crippen molar-refractivity contribution in [2.45, 2.75) is 13.8 Å². The van der Waals surface area contributed by atoms with Crippen molar-refractivity contribution in [1.82, 2.24) is 4.57 Å². The molecule has 0 atom stereocenters. The van der Waals surface area contributed by atoms with E-state index in [0.29, 0.717) is 21.3 Å². The molecule has 1 aromatic carbocycles. The lowest BCUT2D eigenvalue weighted by Crippen LogP contribution is -2.14. The molecule has 3 nitrogen and oxygen atoms in total. The molecule has 0 aliphatic heterocycles. The standard InChI is InChI=1S/C14H14Cl2N2O/c1-8-7-18(3)9(2)13(8)14(19)17-12-5-10(15)4-11(16)6-12/h4-7H,1-3H3,(H,17,19). The van der Waals surface area contributed by atoms with Gasteiger partial charge < -0.3 is 9.88 Å². The predicted molar refractivity (Wildman–Crippen MR) is 79.3 cm³/mol. The summed E-state index contributed by atoms with van der Waals surface area (Å²) >= 11 is 11.8. The van der Waals surface area contributed by atoms with E-state index >= 15 is 0 Å². The molecule has 1 amide bonds. The number of anilines is 1. The van der Waals surface area contributed by atoms with Gasteiger partial charge in [-0.1, -0.05) is 23.2 Å². The molecule has 0 bridgehead atoms. The molecule has 0 saturated heterocycles. The van der Waals surface area contributed by atoms with Crippen LogP contribution in [0.3, 0.4) is 0 Å². The summed E-state index contributed by atoms with van der Waals surface area (Å²) in [5.74, 6) is -0.158. The Hall–Kier alpha value is -1.45. The van der Waals surface area contributed by atoms with E-state index in [2.05, 4.69) is 5.32 Å². The number of rotatable bonds is 2. The quantitative estimate of drug-likeness (QED) is 0.885. The molecule has 2 aromatic rings. The average Bonchev–Trinajstić information content (AvgIpc) is 2.51. The first-order chi connectivity index (χ1) is 8.88. The number of nitrogens with zero attached hydrogens (tertiary/aromatic N) is 1. The predicted octanol–water partition coefficient (Wildman–Crippen LogP) is 4.20. The van der Waals surface area contributed by atoms with E-state index in [1.807, 2.05) is 31.7 Å². The van der Waals surface area contributed by atoms with Crippen molar-refractivity contribution in [2.24, 2.45) is 7.05 Å². The molecule has 0 spiro atoms. The highest BCUT2D eigenvalue weighted by Crippen LogP contribution is 2.24. The van der Waals surface area contributed by atoms with Gasteiger partial charge in [0.25, 0.3) is 5.91 Å². The summed E-state index contributed by atoms with van der Waals surface area (Å²) in [7, 11) is 1.91. The minimum absolute atomic E-state index is 0.158. The van der Waals surface area contributed by atoms with Gasteiger partial charge in [-0.3, -0.25) is 4.79 Å². The fourth-order valence-electron chi connectivity index (χ4n) is 2.08. The highest BCUT2D eigenvalue weighted by atomic mass is 35.5. The molecule has 1 heterocycles. The van der Waals surface area contributed by atoms with Crippen LogP contribution in [-0.2, 0) is 7.05 Å². The van der Waals surface area contributed by atoms with E-state index in [9.17, 15) is 4.79 Å². The molecule has 1 aromatic heterocycles. The third kappa shape index (κ3) is 2.94. The number of benzene rings is 1. The Morgan fingerprint density at radius 2 is 1.74 bits per heavy atom. The van der Waals surface area contributed by atoms with Crippen LogP contribution in [-0.4, -0.2) is 10.5 Å². The van der Waals surface area contributed by atoms with E-state index < -0.39 is 0 Å². The largest absolute Gasteiger partial charge is 0.354 e. The molecule has 0 saturated carbocycles. The average molecular weight is 297 g/mol. The molecule has 0 unspecified atom stereocenters. The topological polar surface area (TPSA) is 34.0 Å². The molecule has 1 N–H and O–H groups in total. The normalized spacial score (nSPS) is 10.6. The fraction of sp³-hybridized carbons (Fsp3) is 0.214. The van der Waals surface area contributed by atoms with Gasteiger partial charge in [0, 0.05) is 34.7 Å². The summed E-state index contributed by atoms with van der Waals surface area (Å²) in [6, 6.07) is 4.95. The van der Waals surface area contributed by atoms with Crippen molar-refractivity contribution in [2.75, 3.05) is 5.32 Å². The summed E-state index contributed by atoms with van der Waals surface area (Å²) in [6.07, 6.45) is 1.93. The van der Waals surface area contributed by atoms with Crippen molar-refractivity contribution in [1.29, 1.82) is 0 Å². The maximum atomic E-state index is 12.3. The van der Waals surface area contributed by atoms with Crippen LogP contribution in [0.1, 0.15) is 21.6 Å². The van der Waals surface area contributed by atoms with E-state index in [1.54, 1.807) is 18.2 Å². The van der Waals surface area contributed by atoms with Crippen molar-refractivity contribution in [3.63, 3.8) is 0 Å². The molecule has 0 fully saturated rings. The Bertz CT molecular complexity index is 627. The lowest BCUT2D eigenvalue weighted by atomic mass is 10.1. The van der Waals surface area contributed by atoms with Gasteiger partial charge in [-0.15, -0.1) is 0 Å². The molecule has 0 aliphatic carbocycles. The van der Waals surface area contributed by atoms with Crippen LogP contribution >= 0.6 is 23.2 Å². The minimum atomic E-state index is -0.158. The summed E-state index contributed by atoms with van der Waals surface area (Å²) < 4.78 is 1.93. The third-order valence-corrected chi connectivity index (χ3v) is 3.46. The molecular weight excluding hydrogens is 283 g/mol. The summed E-state index contributed by atoms with van der Waals surface area (Å²) in [5.41, 5.74) is 3.12. The summed E-state index contributed by atoms with van der Waals surface area (Å²) in [4.78, 5) is 12.3. The molecule has 0 radical (unpaired) electrons. The van der Waals surface area contributed by atoms with Gasteiger partial charge in [-0.2, -0.15) is 0 Å². The molecule has 100 valence electrons. The van der Waals surface area contributed by atoms with Gasteiger partial charge in [-0.05, 0) is 37.6 Å². The second kappa shape index (κ2) is 5.27. The second-order valence-corrected chi connectivity index (χ2v) is 5.37. The molecule has 2 rings (SSSR count). The van der Waals surface area contributed by atoms with Crippen LogP contribution in [0.2, 0.25) is 10.0 Å². The zero-order valence-corrected chi connectivity index (χ0v) is 12.4. The Morgan fingerprint density at radius 1 is 1.16 bits per heavy atom. The van der Waals surface area contributed by atoms with Gasteiger partial charge in [0.1, 0.15) is 0 Å². The van der Waals surface area contributed by atoms with Crippen molar-refractivity contribution in [3.8, 4) is 0 Å². The SMILES string of the molecule is Cc1cn(C)c(C)c1C(=O)Nc1cc(Cl)cc(Cl)c1. The number of carbonyl (C=O) groups excluding carboxylic acids is 1. The fourth-order valence-corrected chi connectivity index (χ4v) is 2.60. The number of hydrogen-bond donors (Lipinski definition) is 1. The van der Waals surface area contributed by atoms with Crippen LogP contribution in [0.15, 0.2) is 24.4 Å². The van der Waals surface area contributed by atoms with Crippen LogP contribution in [0.5, 0.6) is 0 Å². The van der Waals surface area contributed by atoms with Crippen molar-refractivity contribution in [3.05, 3.63) is 51.3 Å². The Morgan fingerprint density at radius 3 is 2.21 bits per heavy atom. The van der Waals surface area contributed by atoms with E-state index in [1.165, 1.54) is 0 Å². The highest BCUT2D eigenvalue weighted by molar-refractivity contribution is 6.35. The first kappa shape index (κ1) is 14.0. The van der Waals surface area contributed by atoms with E-state index in [4.69, 9.17) is 23.2 Å². The number of aromatic nitrogens is 1. The van der Waals surface area contributed by atoms with Crippen LogP contribution in [0.4, 0.5) is 5.69 Å². The Labute approximate surface area is 122 Å². The number of carbonyl (C=O) groups is 1. The first-order valence-electron chi connectivity index (χ1n) is 5.78. The maximum Gasteiger partial charge on any atom is 0.257 e. The van der Waals surface area contributed by atoms with Crippen LogP contribution in [0.25, 0.3) is 0 Å². The van der Waals surface area contributed by atoms with Gasteiger partial charge in [0.2, 0.25) is 0 Å². The molecule has 19 heavy (non-hydrogen) atoms. The molecule has 5 heteroatoms. The minimum Gasteiger partial charge on any atom is -0.354 e. The zero-order chi connectivity index (χ0) is 14.2. The zero-order valence-electron chi connectivity index (χ0n) is 10.9. The number of hydrogen-bond acceptors (Lipinski definition) is 1. The highest BCUT2D eigenvalue weighted by Gasteiger charge is 2.16. The van der Waals surface area contributed by atoms with Crippen molar-refractivity contribution >= 4 is 34.8 Å². The van der Waals surface area contributed by atoms with E-state index in [0.717, 1.165) is 11.3 Å². The smallest absolute Gasteiger partial charge is 0.257 e. The van der Waals surface area contributed by atoms with Gasteiger partial charge >= 0.3 is 0 Å². The van der Waals surface area contributed by atoms with Gasteiger partial charge in [-0.25, -0.2) is 0 Å². The van der Waals surface area contributed by atoms with Gasteiger partial charge in [0.05, 0.1) is 5.56 Å². The number of halogens is 2. The lowest BCUT2D eigenvalue weighted by Gasteiger charge is -2.07. The number of nitrogens with one attached hydrogen (secondary N) is 1. The van der Waals surface area contributed by atoms with Gasteiger partial charge in [0.15, 0.2) is 0 Å². The second-order valence-electron chi connectivity index (χ2n) is 4.50. The first-order valence-corrected chi connectivity index (χ1v) is 6.54. The third-order valence-electron chi connectivity index (χ3n) is 3.02. The monoisotopic (exact) mass is 296 g/mol. The Kier molecular flexibility index (Phi) is 3.88. The molecular formula is C14H14Cl2N2O. The number of amides is 1.